The summed E-state index contributed by atoms with van der Waals surface area (Å²) in [4.78, 5) is 10.0. The molecule has 0 N–H and O–H groups in total. The molecule has 4 aliphatic carbocycles. The summed E-state index contributed by atoms with van der Waals surface area (Å²) in [6.45, 7) is 0. The van der Waals surface area contributed by atoms with Gasteiger partial charge in [-0.15, -0.1) is 0 Å². The van der Waals surface area contributed by atoms with Gasteiger partial charge in [-0.1, -0.05) is 24.3 Å². The van der Waals surface area contributed by atoms with Crippen LogP contribution in [0.5, 0.6) is 0 Å². The second-order valence-corrected chi connectivity index (χ2v) is 3.80. The normalized spacial score (nSPS) is 49.5. The van der Waals surface area contributed by atoms with Crippen molar-refractivity contribution in [1.82, 2.24) is 0 Å². The van der Waals surface area contributed by atoms with Gasteiger partial charge in [-0.05, 0) is 35.3 Å². The minimum Gasteiger partial charge on any atom is -0.299 e. The van der Waals surface area contributed by atoms with E-state index in [2.05, 4.69) is 18.2 Å². The van der Waals surface area contributed by atoms with Crippen LogP contribution in [0.4, 0.5) is 0 Å². The van der Waals surface area contributed by atoms with E-state index in [9.17, 15) is 4.79 Å². The third kappa shape index (κ3) is 0.663. The number of aldehydes is 1. The average molecular weight is 158 g/mol. The molecule has 2 bridgehead atoms. The lowest BCUT2D eigenvalue weighted by Gasteiger charge is -2.15. The fourth-order valence-electron chi connectivity index (χ4n) is 2.49. The van der Waals surface area contributed by atoms with Crippen LogP contribution in [0.15, 0.2) is 36.0 Å². The third-order valence-electron chi connectivity index (χ3n) is 3.26. The monoisotopic (exact) mass is 158 g/mol. The maximum atomic E-state index is 10.0. The molecule has 0 aromatic heterocycles. The van der Waals surface area contributed by atoms with Gasteiger partial charge in [-0.2, -0.15) is 0 Å². The molecule has 2 saturated carbocycles. The number of allylic oxidation sites excluding steroid dienone is 6. The zero-order valence-corrected chi connectivity index (χ0v) is 6.68. The van der Waals surface area contributed by atoms with E-state index in [0.717, 1.165) is 30.0 Å². The van der Waals surface area contributed by atoms with Crippen LogP contribution < -0.4 is 0 Å². The van der Waals surface area contributed by atoms with Gasteiger partial charge in [-0.25, -0.2) is 0 Å². The van der Waals surface area contributed by atoms with Crippen molar-refractivity contribution in [2.24, 2.45) is 23.7 Å². The van der Waals surface area contributed by atoms with E-state index in [1.54, 1.807) is 6.08 Å². The van der Waals surface area contributed by atoms with Crippen LogP contribution in [-0.2, 0) is 4.79 Å². The summed E-state index contributed by atoms with van der Waals surface area (Å²) >= 11 is 0. The van der Waals surface area contributed by atoms with E-state index < -0.39 is 0 Å². The summed E-state index contributed by atoms with van der Waals surface area (Å²) in [5.74, 6) is 3.77. The highest BCUT2D eigenvalue weighted by Gasteiger charge is 2.73. The lowest BCUT2D eigenvalue weighted by atomic mass is 9.90. The molecule has 1 nitrogen and oxygen atoms in total. The second-order valence-electron chi connectivity index (χ2n) is 3.80. The average Bonchev–Trinajstić information content (AvgIpc) is 2.94. The fourth-order valence-corrected chi connectivity index (χ4v) is 2.49. The van der Waals surface area contributed by atoms with Crippen LogP contribution in [0.25, 0.3) is 0 Å². The molecule has 0 saturated heterocycles. The van der Waals surface area contributed by atoms with Gasteiger partial charge in [0.25, 0.3) is 0 Å². The van der Waals surface area contributed by atoms with Crippen LogP contribution in [0.1, 0.15) is 0 Å². The highest BCUT2D eigenvalue weighted by atomic mass is 16.1. The largest absolute Gasteiger partial charge is 0.299 e. The summed E-state index contributed by atoms with van der Waals surface area (Å²) in [6.07, 6.45) is 10.8. The summed E-state index contributed by atoms with van der Waals surface area (Å²) < 4.78 is 0. The van der Waals surface area contributed by atoms with Gasteiger partial charge >= 0.3 is 0 Å². The molecule has 12 heavy (non-hydrogen) atoms. The van der Waals surface area contributed by atoms with E-state index in [-0.39, 0.29) is 0 Å². The molecule has 0 radical (unpaired) electrons. The zero-order valence-electron chi connectivity index (χ0n) is 6.68. The quantitative estimate of drug-likeness (QED) is 0.442. The molecule has 1 heteroatoms. The van der Waals surface area contributed by atoms with E-state index in [1.165, 1.54) is 5.57 Å². The van der Waals surface area contributed by atoms with Crippen molar-refractivity contribution >= 4 is 6.29 Å². The van der Waals surface area contributed by atoms with Gasteiger partial charge in [0.2, 0.25) is 0 Å². The zero-order chi connectivity index (χ0) is 8.13. The summed E-state index contributed by atoms with van der Waals surface area (Å²) in [5.41, 5.74) is 1.42. The molecule has 2 fully saturated rings. The molecule has 0 aromatic carbocycles. The maximum absolute atomic E-state index is 10.0. The fraction of sp³-hybridized carbons (Fsp3) is 0.364. The van der Waals surface area contributed by atoms with Gasteiger partial charge in [0.05, 0.1) is 0 Å². The predicted molar refractivity (Wildman–Crippen MR) is 46.4 cm³/mol. The number of carbonyl (C=O) groups is 1. The van der Waals surface area contributed by atoms with Crippen molar-refractivity contribution in [3.05, 3.63) is 36.0 Å². The van der Waals surface area contributed by atoms with Gasteiger partial charge < -0.3 is 0 Å². The summed E-state index contributed by atoms with van der Waals surface area (Å²) in [6, 6.07) is 0. The molecule has 0 heterocycles. The Balaban J connectivity index is 1.80. The van der Waals surface area contributed by atoms with Crippen molar-refractivity contribution in [1.29, 1.82) is 0 Å². The Labute approximate surface area is 71.5 Å². The first-order valence-corrected chi connectivity index (χ1v) is 4.44. The smallest absolute Gasteiger partial charge is 0.142 e. The minimum absolute atomic E-state index is 0.819. The van der Waals surface area contributed by atoms with Crippen molar-refractivity contribution in [2.45, 2.75) is 0 Å². The molecule has 2 atom stereocenters. The highest BCUT2D eigenvalue weighted by molar-refractivity contribution is 5.65. The first kappa shape index (κ1) is 6.41. The minimum atomic E-state index is 0.819. The number of hydrogen-bond donors (Lipinski definition) is 0. The lowest BCUT2D eigenvalue weighted by Crippen LogP contribution is -2.05. The highest BCUT2D eigenvalue weighted by Crippen LogP contribution is 2.78. The van der Waals surface area contributed by atoms with Crippen LogP contribution in [0.3, 0.4) is 0 Å². The number of carbonyl (C=O) groups excluding carboxylic acids is 1. The third-order valence-corrected chi connectivity index (χ3v) is 3.26. The Hall–Kier alpha value is -1.11. The summed E-state index contributed by atoms with van der Waals surface area (Å²) in [7, 11) is 0. The molecule has 2 unspecified atom stereocenters. The molecule has 4 aliphatic rings. The first-order chi connectivity index (χ1) is 5.93. The van der Waals surface area contributed by atoms with Crippen molar-refractivity contribution in [3.63, 3.8) is 0 Å². The standard InChI is InChI=1S/C11H10O/c12-6-2-1-3-7-4-5-8-10-9(7)11(8)10/h1-6,8-11H/b2-1+,7-3-. The Kier molecular flexibility index (Phi) is 1.06. The van der Waals surface area contributed by atoms with E-state index >= 15 is 0 Å². The number of fused-ring (bicyclic) bond motifs is 1. The molecule has 0 amide bonds. The predicted octanol–water partition coefficient (Wildman–Crippen LogP) is 1.73. The van der Waals surface area contributed by atoms with Crippen molar-refractivity contribution in [2.75, 3.05) is 0 Å². The molecule has 4 rings (SSSR count). The first-order valence-electron chi connectivity index (χ1n) is 4.44. The second kappa shape index (κ2) is 1.98. The van der Waals surface area contributed by atoms with Crippen LogP contribution in [0.2, 0.25) is 0 Å². The Morgan fingerprint density at radius 1 is 1.25 bits per heavy atom. The Morgan fingerprint density at radius 3 is 2.75 bits per heavy atom. The van der Waals surface area contributed by atoms with Gasteiger partial charge in [0, 0.05) is 0 Å². The molecule has 60 valence electrons. The molecule has 0 aromatic rings. The SMILES string of the molecule is O=C/C=C/C=C1/C=CC2C3C1C23. The topological polar surface area (TPSA) is 17.1 Å². The van der Waals surface area contributed by atoms with Crippen LogP contribution in [0, 0.1) is 23.7 Å². The van der Waals surface area contributed by atoms with Gasteiger partial charge in [0.15, 0.2) is 0 Å². The molecular formula is C11H10O. The Bertz CT molecular complexity index is 312. The van der Waals surface area contributed by atoms with E-state index in [0.29, 0.717) is 0 Å². The lowest BCUT2D eigenvalue weighted by molar-refractivity contribution is -0.104. The van der Waals surface area contributed by atoms with Gasteiger partial charge in [-0.3, -0.25) is 4.79 Å². The van der Waals surface area contributed by atoms with Crippen molar-refractivity contribution in [3.8, 4) is 0 Å². The molecule has 0 spiro atoms. The van der Waals surface area contributed by atoms with Crippen LogP contribution >= 0.6 is 0 Å². The maximum Gasteiger partial charge on any atom is 0.142 e. The number of hydrogen-bond acceptors (Lipinski definition) is 1. The van der Waals surface area contributed by atoms with Gasteiger partial charge in [0.1, 0.15) is 6.29 Å². The number of rotatable bonds is 2. The summed E-state index contributed by atoms with van der Waals surface area (Å²) in [5, 5.41) is 0. The molecular weight excluding hydrogens is 148 g/mol. The van der Waals surface area contributed by atoms with Crippen LogP contribution in [-0.4, -0.2) is 6.29 Å². The Morgan fingerprint density at radius 2 is 2.08 bits per heavy atom. The van der Waals surface area contributed by atoms with E-state index in [1.807, 2.05) is 6.08 Å². The molecule has 0 aliphatic heterocycles. The van der Waals surface area contributed by atoms with E-state index in [4.69, 9.17) is 0 Å². The van der Waals surface area contributed by atoms with Crippen molar-refractivity contribution < 1.29 is 4.79 Å².